The molecule has 1 aliphatic rings. The minimum atomic E-state index is 0. The van der Waals surface area contributed by atoms with Gasteiger partial charge in [0.05, 0.1) is 5.01 Å². The van der Waals surface area contributed by atoms with E-state index in [2.05, 4.69) is 49.2 Å². The number of aryl methyl sites for hydroxylation is 2. The summed E-state index contributed by atoms with van der Waals surface area (Å²) < 4.78 is 2.19. The van der Waals surface area contributed by atoms with Gasteiger partial charge in [-0.3, -0.25) is 0 Å². The molecule has 1 aliphatic heterocycles. The third kappa shape index (κ3) is 4.88. The summed E-state index contributed by atoms with van der Waals surface area (Å²) in [6, 6.07) is 0. The second-order valence-electron chi connectivity index (χ2n) is 5.52. The van der Waals surface area contributed by atoms with Crippen LogP contribution in [0.15, 0.2) is 11.2 Å². The number of nitrogens with zero attached hydrogens (tertiary/aromatic N) is 5. The first-order valence-electron chi connectivity index (χ1n) is 8.10. The van der Waals surface area contributed by atoms with Crippen LogP contribution in [0.3, 0.4) is 0 Å². The Morgan fingerprint density at radius 1 is 1.38 bits per heavy atom. The summed E-state index contributed by atoms with van der Waals surface area (Å²) in [4.78, 5) is 10.3. The van der Waals surface area contributed by atoms with E-state index in [1.165, 1.54) is 4.88 Å². The van der Waals surface area contributed by atoms with Crippen molar-refractivity contribution < 1.29 is 0 Å². The standard InChI is InChI=1S/C15H23N7S.HI/c1-3-16-15(17-7-6-14-18-9-11(2)23-14)19-10-13-21-20-12-5-4-8-22(12)13;/h9H,3-8,10H2,1-2H3,(H2,16,17,19);1H. The highest BCUT2D eigenvalue weighted by molar-refractivity contribution is 14.0. The Bertz CT molecular complexity index is 679. The van der Waals surface area contributed by atoms with Crippen molar-refractivity contribution in [2.45, 2.75) is 46.2 Å². The Hall–Kier alpha value is -1.23. The second kappa shape index (κ2) is 9.30. The molecule has 2 N–H and O–H groups in total. The Morgan fingerprint density at radius 2 is 2.25 bits per heavy atom. The molecular formula is C15H24IN7S. The number of thiazole rings is 1. The monoisotopic (exact) mass is 461 g/mol. The highest BCUT2D eigenvalue weighted by atomic mass is 127. The van der Waals surface area contributed by atoms with E-state index in [1.807, 2.05) is 6.20 Å². The molecule has 7 nitrogen and oxygen atoms in total. The molecule has 2 aromatic rings. The maximum atomic E-state index is 4.62. The predicted molar refractivity (Wildman–Crippen MR) is 107 cm³/mol. The normalized spacial score (nSPS) is 13.5. The first-order valence-corrected chi connectivity index (χ1v) is 8.92. The first kappa shape index (κ1) is 19.1. The lowest BCUT2D eigenvalue weighted by atomic mass is 10.4. The molecule has 0 bridgehead atoms. The fraction of sp³-hybridized carbons (Fsp3) is 0.600. The fourth-order valence-corrected chi connectivity index (χ4v) is 3.41. The van der Waals surface area contributed by atoms with Crippen LogP contribution < -0.4 is 10.6 Å². The fourth-order valence-electron chi connectivity index (χ4n) is 2.62. The molecule has 132 valence electrons. The van der Waals surface area contributed by atoms with E-state index in [0.29, 0.717) is 6.54 Å². The van der Waals surface area contributed by atoms with Crippen molar-refractivity contribution in [1.82, 2.24) is 30.4 Å². The van der Waals surface area contributed by atoms with E-state index in [-0.39, 0.29) is 24.0 Å². The van der Waals surface area contributed by atoms with Crippen LogP contribution in [0.1, 0.15) is 34.9 Å². The number of aliphatic imine (C=N–C) groups is 1. The van der Waals surface area contributed by atoms with Crippen molar-refractivity contribution in [3.8, 4) is 0 Å². The van der Waals surface area contributed by atoms with Gasteiger partial charge in [0.15, 0.2) is 11.8 Å². The van der Waals surface area contributed by atoms with Gasteiger partial charge in [-0.1, -0.05) is 0 Å². The largest absolute Gasteiger partial charge is 0.357 e. The van der Waals surface area contributed by atoms with Crippen molar-refractivity contribution in [1.29, 1.82) is 0 Å². The second-order valence-corrected chi connectivity index (χ2v) is 6.84. The summed E-state index contributed by atoms with van der Waals surface area (Å²) in [7, 11) is 0. The van der Waals surface area contributed by atoms with Gasteiger partial charge in [-0.25, -0.2) is 9.98 Å². The molecule has 0 saturated heterocycles. The minimum absolute atomic E-state index is 0. The third-order valence-electron chi connectivity index (χ3n) is 3.71. The lowest BCUT2D eigenvalue weighted by molar-refractivity contribution is 0.684. The molecule has 2 aromatic heterocycles. The maximum Gasteiger partial charge on any atom is 0.191 e. The summed E-state index contributed by atoms with van der Waals surface area (Å²) in [5, 5.41) is 16.2. The molecule has 3 heterocycles. The number of fused-ring (bicyclic) bond motifs is 1. The predicted octanol–water partition coefficient (Wildman–Crippen LogP) is 1.91. The SMILES string of the molecule is CCNC(=NCc1nnc2n1CCC2)NCCc1ncc(C)s1.I. The molecule has 0 fully saturated rings. The Morgan fingerprint density at radius 3 is 3.00 bits per heavy atom. The van der Waals surface area contributed by atoms with Crippen LogP contribution in [-0.2, 0) is 25.9 Å². The Labute approximate surface area is 163 Å². The molecule has 24 heavy (non-hydrogen) atoms. The van der Waals surface area contributed by atoms with Crippen molar-refractivity contribution in [3.63, 3.8) is 0 Å². The van der Waals surface area contributed by atoms with Gasteiger partial charge in [-0.2, -0.15) is 0 Å². The van der Waals surface area contributed by atoms with E-state index in [4.69, 9.17) is 0 Å². The molecule has 0 radical (unpaired) electrons. The van der Waals surface area contributed by atoms with Crippen LogP contribution >= 0.6 is 35.3 Å². The number of hydrogen-bond donors (Lipinski definition) is 2. The number of hydrogen-bond acceptors (Lipinski definition) is 5. The highest BCUT2D eigenvalue weighted by Gasteiger charge is 2.16. The number of nitrogens with one attached hydrogen (secondary N) is 2. The summed E-state index contributed by atoms with van der Waals surface area (Å²) >= 11 is 1.74. The minimum Gasteiger partial charge on any atom is -0.357 e. The van der Waals surface area contributed by atoms with Crippen LogP contribution in [-0.4, -0.2) is 38.8 Å². The van der Waals surface area contributed by atoms with Crippen LogP contribution in [0.2, 0.25) is 0 Å². The van der Waals surface area contributed by atoms with Gasteiger partial charge < -0.3 is 15.2 Å². The third-order valence-corrected chi connectivity index (χ3v) is 4.68. The van der Waals surface area contributed by atoms with Crippen molar-refractivity contribution in [2.75, 3.05) is 13.1 Å². The lowest BCUT2D eigenvalue weighted by Crippen LogP contribution is -2.38. The van der Waals surface area contributed by atoms with Gasteiger partial charge in [-0.05, 0) is 20.3 Å². The molecular weight excluding hydrogens is 437 g/mol. The number of guanidine groups is 1. The number of rotatable bonds is 6. The molecule has 9 heteroatoms. The van der Waals surface area contributed by atoms with Crippen LogP contribution in [0, 0.1) is 6.92 Å². The van der Waals surface area contributed by atoms with Gasteiger partial charge in [0.25, 0.3) is 0 Å². The first-order chi connectivity index (χ1) is 11.3. The Balaban J connectivity index is 0.00000208. The van der Waals surface area contributed by atoms with E-state index >= 15 is 0 Å². The van der Waals surface area contributed by atoms with Crippen molar-refractivity contribution in [3.05, 3.63) is 27.7 Å². The Kier molecular flexibility index (Phi) is 7.40. The van der Waals surface area contributed by atoms with E-state index in [0.717, 1.165) is 61.5 Å². The molecule has 0 saturated carbocycles. The maximum absolute atomic E-state index is 4.62. The molecule has 0 atom stereocenters. The molecule has 0 amide bonds. The highest BCUT2D eigenvalue weighted by Crippen LogP contribution is 2.14. The molecule has 3 rings (SSSR count). The number of aromatic nitrogens is 4. The van der Waals surface area contributed by atoms with E-state index in [1.54, 1.807) is 11.3 Å². The average molecular weight is 461 g/mol. The van der Waals surface area contributed by atoms with Crippen molar-refractivity contribution in [2.24, 2.45) is 4.99 Å². The van der Waals surface area contributed by atoms with E-state index < -0.39 is 0 Å². The molecule has 0 aromatic carbocycles. The van der Waals surface area contributed by atoms with Gasteiger partial charge in [0, 0.05) is 43.5 Å². The van der Waals surface area contributed by atoms with Crippen molar-refractivity contribution >= 4 is 41.3 Å². The van der Waals surface area contributed by atoms with Gasteiger partial charge in [0.2, 0.25) is 0 Å². The van der Waals surface area contributed by atoms with E-state index in [9.17, 15) is 0 Å². The molecule has 0 unspecified atom stereocenters. The quantitative estimate of drug-likeness (QED) is 0.391. The summed E-state index contributed by atoms with van der Waals surface area (Å²) in [6.45, 7) is 7.36. The van der Waals surface area contributed by atoms with Crippen LogP contribution in [0.25, 0.3) is 0 Å². The zero-order valence-corrected chi connectivity index (χ0v) is 17.2. The number of halogens is 1. The van der Waals surface area contributed by atoms with Crippen LogP contribution in [0.4, 0.5) is 0 Å². The molecule has 0 spiro atoms. The zero-order valence-electron chi connectivity index (χ0n) is 14.1. The summed E-state index contributed by atoms with van der Waals surface area (Å²) in [5.41, 5.74) is 0. The lowest BCUT2D eigenvalue weighted by Gasteiger charge is -2.10. The van der Waals surface area contributed by atoms with Gasteiger partial charge >= 0.3 is 0 Å². The summed E-state index contributed by atoms with van der Waals surface area (Å²) in [5.74, 6) is 2.86. The molecule has 0 aliphatic carbocycles. The zero-order chi connectivity index (χ0) is 16.1. The average Bonchev–Trinajstić information content (AvgIpc) is 3.22. The van der Waals surface area contributed by atoms with Gasteiger partial charge in [-0.15, -0.1) is 45.5 Å². The van der Waals surface area contributed by atoms with Gasteiger partial charge in [0.1, 0.15) is 12.4 Å². The van der Waals surface area contributed by atoms with Crippen LogP contribution in [0.5, 0.6) is 0 Å². The summed E-state index contributed by atoms with van der Waals surface area (Å²) in [6.07, 6.45) is 5.02. The topological polar surface area (TPSA) is 80.0 Å². The smallest absolute Gasteiger partial charge is 0.191 e.